The van der Waals surface area contributed by atoms with Crippen molar-refractivity contribution >= 4 is 29.2 Å². The number of hydrogen-bond acceptors (Lipinski definition) is 1. The summed E-state index contributed by atoms with van der Waals surface area (Å²) in [6.07, 6.45) is 0. The Kier molecular flexibility index (Phi) is 6.03. The van der Waals surface area contributed by atoms with Crippen LogP contribution < -0.4 is 4.06 Å². The number of benzene rings is 2. The predicted molar refractivity (Wildman–Crippen MR) is 85.0 cm³/mol. The van der Waals surface area contributed by atoms with Gasteiger partial charge in [0.15, 0.2) is 0 Å². The summed E-state index contributed by atoms with van der Waals surface area (Å²) in [6, 6.07) is 21.3. The molecule has 0 unspecified atom stereocenters. The molecule has 0 bridgehead atoms. The van der Waals surface area contributed by atoms with E-state index in [-0.39, 0.29) is 0 Å². The topological polar surface area (TPSA) is 12.0 Å². The Morgan fingerprint density at radius 1 is 0.895 bits per heavy atom. The molecule has 1 N–H and O–H groups in total. The fraction of sp³-hybridized carbons (Fsp3) is 0.133. The molecule has 1 nitrogen and oxygen atoms in total. The summed E-state index contributed by atoms with van der Waals surface area (Å²) >= 11 is 7.40. The van der Waals surface area contributed by atoms with E-state index >= 15 is 0 Å². The molecule has 0 fully saturated rings. The second kappa shape index (κ2) is 7.79. The fourth-order valence-electron chi connectivity index (χ4n) is 2.41. The van der Waals surface area contributed by atoms with E-state index in [1.165, 1.54) is 11.1 Å². The number of thiol groups is 1. The Morgan fingerprint density at radius 3 is 1.68 bits per heavy atom. The predicted octanol–water partition coefficient (Wildman–Crippen LogP) is 3.72. The van der Waals surface area contributed by atoms with Gasteiger partial charge in [-0.25, -0.2) is 0 Å². The van der Waals surface area contributed by atoms with Gasteiger partial charge in [0.25, 0.3) is 0 Å². The molecule has 2 aromatic rings. The van der Waals surface area contributed by atoms with Gasteiger partial charge in [0.1, 0.15) is 0 Å². The van der Waals surface area contributed by atoms with Crippen molar-refractivity contribution in [2.24, 2.45) is 0 Å². The van der Waals surface area contributed by atoms with Crippen LogP contribution in [-0.2, 0) is 26.2 Å². The molecule has 0 radical (unpaired) electrons. The molecule has 0 amide bonds. The van der Waals surface area contributed by atoms with Gasteiger partial charge in [-0.1, -0.05) is 0 Å². The Hall–Kier alpha value is -0.697. The Labute approximate surface area is 131 Å². The monoisotopic (exact) mass is 338 g/mol. The number of nitrogens with one attached hydrogen (secondary N) is 1. The van der Waals surface area contributed by atoms with E-state index < -0.39 is 16.2 Å². The second-order valence-corrected chi connectivity index (χ2v) is 12.4. The molecule has 0 aliphatic heterocycles. The second-order valence-electron chi connectivity index (χ2n) is 4.81. The summed E-state index contributed by atoms with van der Waals surface area (Å²) in [5, 5.41) is 2.30. The van der Waals surface area contributed by atoms with Gasteiger partial charge in [0.2, 0.25) is 0 Å². The van der Waals surface area contributed by atoms with E-state index in [1.54, 1.807) is 0 Å². The third-order valence-electron chi connectivity index (χ3n) is 3.27. The van der Waals surface area contributed by atoms with Crippen LogP contribution in [0, 0.1) is 0 Å². The normalized spacial score (nSPS) is 9.95. The standard InChI is InChI=1S/2C7H7.CH3NS2.Zn/c2*1-7-5-3-2-4-6-7;2-1(3)4;/h2*2-6H,1H2;(H3,2,3,4);/q;;;+1/p-1. The van der Waals surface area contributed by atoms with Gasteiger partial charge in [-0.3, -0.25) is 0 Å². The molecule has 95 valence electrons. The van der Waals surface area contributed by atoms with E-state index in [0.717, 1.165) is 10.0 Å². The fourth-order valence-corrected chi connectivity index (χ4v) is 10.8. The van der Waals surface area contributed by atoms with E-state index in [4.69, 9.17) is 12.2 Å². The van der Waals surface area contributed by atoms with Crippen molar-refractivity contribution in [3.05, 3.63) is 71.8 Å². The molecule has 2 rings (SSSR count). The Bertz CT molecular complexity index is 475. The molecule has 0 saturated heterocycles. The van der Waals surface area contributed by atoms with Crippen molar-refractivity contribution < 1.29 is 16.2 Å². The van der Waals surface area contributed by atoms with Crippen molar-refractivity contribution in [2.45, 2.75) is 10.0 Å². The van der Waals surface area contributed by atoms with Crippen molar-refractivity contribution in [1.29, 1.82) is 0 Å². The summed E-state index contributed by atoms with van der Waals surface area (Å²) in [7, 11) is 0. The van der Waals surface area contributed by atoms with Crippen LogP contribution in [0.4, 0.5) is 0 Å². The van der Waals surface area contributed by atoms with E-state index in [0.29, 0.717) is 4.32 Å². The third-order valence-corrected chi connectivity index (χ3v) is 11.5. The number of hydrogen-bond donors (Lipinski definition) is 2. The van der Waals surface area contributed by atoms with Crippen LogP contribution in [0.15, 0.2) is 60.7 Å². The minimum atomic E-state index is -1.96. The SMILES string of the molecule is S=C(S)[NH][Zn]([CH2]c1ccccc1)[CH2]c1ccccc1. The van der Waals surface area contributed by atoms with Gasteiger partial charge >= 0.3 is 131 Å². The van der Waals surface area contributed by atoms with Crippen molar-refractivity contribution in [3.63, 3.8) is 0 Å². The summed E-state index contributed by atoms with van der Waals surface area (Å²) in [6.45, 7) is 0. The van der Waals surface area contributed by atoms with Gasteiger partial charge in [-0.05, 0) is 0 Å². The quantitative estimate of drug-likeness (QED) is 0.489. The molecule has 0 heterocycles. The van der Waals surface area contributed by atoms with Gasteiger partial charge in [-0.2, -0.15) is 0 Å². The summed E-state index contributed by atoms with van der Waals surface area (Å²) < 4.78 is 4.13. The van der Waals surface area contributed by atoms with E-state index in [1.807, 2.05) is 0 Å². The van der Waals surface area contributed by atoms with E-state index in [9.17, 15) is 0 Å². The zero-order valence-corrected chi connectivity index (χ0v) is 15.4. The van der Waals surface area contributed by atoms with E-state index in [2.05, 4.69) is 77.4 Å². The third kappa shape index (κ3) is 5.44. The molecule has 4 heteroatoms. The maximum atomic E-state index is 5.11. The van der Waals surface area contributed by atoms with Gasteiger partial charge in [0.05, 0.1) is 0 Å². The summed E-state index contributed by atoms with van der Waals surface area (Å²) in [5.41, 5.74) is 2.80. The first kappa shape index (κ1) is 14.7. The number of thiocarbonyl (C=S) groups is 1. The van der Waals surface area contributed by atoms with Crippen LogP contribution in [0.1, 0.15) is 11.1 Å². The first-order chi connectivity index (χ1) is 9.24. The first-order valence-electron chi connectivity index (χ1n) is 6.56. The molecule has 19 heavy (non-hydrogen) atoms. The molecule has 0 atom stereocenters. The molecular weight excluding hydrogens is 324 g/mol. The van der Waals surface area contributed by atoms with Gasteiger partial charge in [-0.15, -0.1) is 0 Å². The molecule has 0 aliphatic carbocycles. The Morgan fingerprint density at radius 2 is 1.32 bits per heavy atom. The number of rotatable bonds is 5. The average molecular weight is 340 g/mol. The zero-order valence-electron chi connectivity index (χ0n) is 10.8. The van der Waals surface area contributed by atoms with Crippen LogP contribution in [0.2, 0.25) is 0 Å². The van der Waals surface area contributed by atoms with Crippen LogP contribution in [0.25, 0.3) is 0 Å². The van der Waals surface area contributed by atoms with Gasteiger partial charge < -0.3 is 0 Å². The molecule has 0 saturated carbocycles. The van der Waals surface area contributed by atoms with Crippen LogP contribution in [-0.4, -0.2) is 4.32 Å². The zero-order chi connectivity index (χ0) is 13.5. The summed E-state index contributed by atoms with van der Waals surface area (Å²) in [4.78, 5) is 0. The maximum absolute atomic E-state index is 5.11. The van der Waals surface area contributed by atoms with Crippen molar-refractivity contribution in [3.8, 4) is 0 Å². The average Bonchev–Trinajstić information content (AvgIpc) is 2.40. The molecule has 2 aromatic carbocycles. The minimum absolute atomic E-state index is 0.645. The molecular formula is C15H16NS2Zn. The van der Waals surface area contributed by atoms with Crippen molar-refractivity contribution in [2.75, 3.05) is 0 Å². The van der Waals surface area contributed by atoms with Crippen LogP contribution in [0.3, 0.4) is 0 Å². The molecule has 0 aliphatic rings. The van der Waals surface area contributed by atoms with Crippen LogP contribution >= 0.6 is 24.8 Å². The summed E-state index contributed by atoms with van der Waals surface area (Å²) in [5.74, 6) is 0. The molecule has 0 spiro atoms. The van der Waals surface area contributed by atoms with Gasteiger partial charge in [0, 0.05) is 0 Å². The Balaban J connectivity index is 2.06. The van der Waals surface area contributed by atoms with Crippen molar-refractivity contribution in [1.82, 2.24) is 4.06 Å². The molecule has 0 aromatic heterocycles. The van der Waals surface area contributed by atoms with Crippen LogP contribution in [0.5, 0.6) is 0 Å². The first-order valence-corrected chi connectivity index (χ1v) is 13.1.